The van der Waals surface area contributed by atoms with Crippen LogP contribution in [-0.2, 0) is 0 Å². The zero-order chi connectivity index (χ0) is 19.7. The van der Waals surface area contributed by atoms with Crippen molar-refractivity contribution in [3.63, 3.8) is 0 Å². The van der Waals surface area contributed by atoms with Crippen LogP contribution in [0, 0.1) is 12.7 Å². The predicted molar refractivity (Wildman–Crippen MR) is 110 cm³/mol. The summed E-state index contributed by atoms with van der Waals surface area (Å²) in [5.41, 5.74) is 2.47. The highest BCUT2D eigenvalue weighted by molar-refractivity contribution is 6.31. The van der Waals surface area contributed by atoms with Crippen LogP contribution in [0.3, 0.4) is 0 Å². The lowest BCUT2D eigenvalue weighted by molar-refractivity contribution is 0.629. The van der Waals surface area contributed by atoms with Gasteiger partial charge in [-0.15, -0.1) is 0 Å². The highest BCUT2D eigenvalue weighted by Crippen LogP contribution is 2.21. The number of benzene rings is 2. The molecule has 0 radical (unpaired) electrons. The number of aromatic nitrogens is 3. The molecule has 2 heterocycles. The van der Waals surface area contributed by atoms with Crippen LogP contribution < -0.4 is 5.56 Å². The van der Waals surface area contributed by atoms with E-state index in [1.165, 1.54) is 29.0 Å². The fourth-order valence-corrected chi connectivity index (χ4v) is 3.21. The van der Waals surface area contributed by atoms with E-state index >= 15 is 0 Å². The van der Waals surface area contributed by atoms with Crippen molar-refractivity contribution in [3.8, 4) is 5.69 Å². The van der Waals surface area contributed by atoms with E-state index < -0.39 is 11.4 Å². The summed E-state index contributed by atoms with van der Waals surface area (Å²) in [5.74, 6) is -0.124. The monoisotopic (exact) mass is 391 g/mol. The maximum absolute atomic E-state index is 13.7. The number of hydrogen-bond acceptors (Lipinski definition) is 3. The summed E-state index contributed by atoms with van der Waals surface area (Å²) in [6.45, 7) is 2.00. The van der Waals surface area contributed by atoms with Crippen molar-refractivity contribution in [2.24, 2.45) is 0 Å². The van der Waals surface area contributed by atoms with Crippen LogP contribution in [0.5, 0.6) is 0 Å². The number of aryl methyl sites for hydroxylation is 1. The van der Waals surface area contributed by atoms with Crippen molar-refractivity contribution in [2.75, 3.05) is 0 Å². The number of pyridine rings is 1. The molecule has 0 unspecified atom stereocenters. The molecule has 0 amide bonds. The number of halogens is 2. The van der Waals surface area contributed by atoms with Gasteiger partial charge in [-0.1, -0.05) is 41.9 Å². The number of fused-ring (bicyclic) bond motifs is 1. The van der Waals surface area contributed by atoms with Gasteiger partial charge in [-0.3, -0.25) is 9.36 Å². The Balaban J connectivity index is 2.00. The van der Waals surface area contributed by atoms with Gasteiger partial charge in [0.15, 0.2) is 5.15 Å². The zero-order valence-electron chi connectivity index (χ0n) is 14.9. The summed E-state index contributed by atoms with van der Waals surface area (Å²) < 4.78 is 15.1. The quantitative estimate of drug-likeness (QED) is 0.459. The van der Waals surface area contributed by atoms with Crippen molar-refractivity contribution in [1.82, 2.24) is 14.5 Å². The first-order valence-corrected chi connectivity index (χ1v) is 8.99. The third kappa shape index (κ3) is 3.32. The Labute approximate surface area is 165 Å². The van der Waals surface area contributed by atoms with Crippen LogP contribution >= 0.6 is 11.6 Å². The van der Waals surface area contributed by atoms with Crippen LogP contribution in [0.4, 0.5) is 4.39 Å². The van der Waals surface area contributed by atoms with Crippen molar-refractivity contribution < 1.29 is 4.39 Å². The van der Waals surface area contributed by atoms with E-state index in [1.807, 2.05) is 37.3 Å². The molecule has 0 bridgehead atoms. The van der Waals surface area contributed by atoms with E-state index in [9.17, 15) is 9.18 Å². The Kier molecular flexibility index (Phi) is 4.75. The first-order valence-electron chi connectivity index (χ1n) is 8.61. The van der Waals surface area contributed by atoms with Crippen LogP contribution in [-0.4, -0.2) is 14.5 Å². The minimum atomic E-state index is -0.501. The molecule has 4 nitrogen and oxygen atoms in total. The molecular formula is C22H15ClFN3O. The maximum atomic E-state index is 13.7. The SMILES string of the molecule is Cc1ccccc1/C=C/c1nc2ccc(F)cc2c(=O)n1-c1cccnc1Cl. The summed E-state index contributed by atoms with van der Waals surface area (Å²) >= 11 is 6.23. The lowest BCUT2D eigenvalue weighted by Crippen LogP contribution is -2.23. The van der Waals surface area contributed by atoms with Crippen molar-refractivity contribution in [1.29, 1.82) is 0 Å². The fourth-order valence-electron chi connectivity index (χ4n) is 3.00. The highest BCUT2D eigenvalue weighted by atomic mass is 35.5. The molecule has 4 aromatic rings. The summed E-state index contributed by atoms with van der Waals surface area (Å²) in [5, 5.41) is 0.334. The molecule has 138 valence electrons. The topological polar surface area (TPSA) is 47.8 Å². The number of hydrogen-bond donors (Lipinski definition) is 0. The van der Waals surface area contributed by atoms with Crippen LogP contribution in [0.15, 0.2) is 65.6 Å². The molecule has 0 saturated heterocycles. The number of rotatable bonds is 3. The maximum Gasteiger partial charge on any atom is 0.266 e. The third-order valence-electron chi connectivity index (χ3n) is 4.44. The molecule has 28 heavy (non-hydrogen) atoms. The lowest BCUT2D eigenvalue weighted by atomic mass is 10.1. The molecule has 2 aromatic carbocycles. The Morgan fingerprint density at radius 3 is 2.68 bits per heavy atom. The molecule has 0 aliphatic heterocycles. The van der Waals surface area contributed by atoms with Gasteiger partial charge < -0.3 is 0 Å². The van der Waals surface area contributed by atoms with E-state index in [-0.39, 0.29) is 10.5 Å². The van der Waals surface area contributed by atoms with Crippen molar-refractivity contribution in [3.05, 3.63) is 99.1 Å². The van der Waals surface area contributed by atoms with Gasteiger partial charge in [-0.25, -0.2) is 14.4 Å². The molecule has 4 rings (SSSR count). The highest BCUT2D eigenvalue weighted by Gasteiger charge is 2.14. The second-order valence-electron chi connectivity index (χ2n) is 6.28. The molecule has 0 N–H and O–H groups in total. The molecular weight excluding hydrogens is 377 g/mol. The Bertz CT molecular complexity index is 1280. The van der Waals surface area contributed by atoms with E-state index in [0.29, 0.717) is 17.0 Å². The average molecular weight is 392 g/mol. The van der Waals surface area contributed by atoms with Crippen LogP contribution in [0.2, 0.25) is 5.15 Å². The van der Waals surface area contributed by atoms with E-state index in [4.69, 9.17) is 11.6 Å². The van der Waals surface area contributed by atoms with Gasteiger partial charge in [0.05, 0.1) is 16.6 Å². The normalized spacial score (nSPS) is 11.4. The summed E-state index contributed by atoms with van der Waals surface area (Å²) in [6, 6.07) is 15.2. The molecule has 0 aliphatic carbocycles. The van der Waals surface area contributed by atoms with Crippen molar-refractivity contribution >= 4 is 34.7 Å². The van der Waals surface area contributed by atoms with E-state index in [2.05, 4.69) is 9.97 Å². The van der Waals surface area contributed by atoms with Crippen LogP contribution in [0.1, 0.15) is 17.0 Å². The van der Waals surface area contributed by atoms with Crippen LogP contribution in [0.25, 0.3) is 28.7 Å². The Morgan fingerprint density at radius 1 is 1.07 bits per heavy atom. The average Bonchev–Trinajstić information content (AvgIpc) is 2.69. The van der Waals surface area contributed by atoms with Gasteiger partial charge in [0.25, 0.3) is 5.56 Å². The molecule has 0 saturated carbocycles. The van der Waals surface area contributed by atoms with E-state index in [1.54, 1.807) is 18.2 Å². The first-order chi connectivity index (χ1) is 13.5. The third-order valence-corrected chi connectivity index (χ3v) is 4.73. The van der Waals surface area contributed by atoms with Gasteiger partial charge in [0.2, 0.25) is 0 Å². The lowest BCUT2D eigenvalue weighted by Gasteiger charge is -2.12. The predicted octanol–water partition coefficient (Wildman–Crippen LogP) is 5.05. The van der Waals surface area contributed by atoms with Gasteiger partial charge in [-0.2, -0.15) is 0 Å². The molecule has 0 spiro atoms. The molecule has 0 atom stereocenters. The standard InChI is InChI=1S/C22H15ClFN3O/c1-14-5-2-3-6-15(14)8-11-20-26-18-10-9-16(24)13-17(18)22(28)27(20)19-7-4-12-25-21(19)23/h2-13H,1H3/b11-8+. The van der Waals surface area contributed by atoms with Crippen molar-refractivity contribution in [2.45, 2.75) is 6.92 Å². The second kappa shape index (κ2) is 7.37. The van der Waals surface area contributed by atoms with Gasteiger partial charge in [0, 0.05) is 6.20 Å². The summed E-state index contributed by atoms with van der Waals surface area (Å²) in [7, 11) is 0. The largest absolute Gasteiger partial charge is 0.268 e. The smallest absolute Gasteiger partial charge is 0.266 e. The number of nitrogens with zero attached hydrogens (tertiary/aromatic N) is 3. The van der Waals surface area contributed by atoms with Gasteiger partial charge in [0.1, 0.15) is 11.6 Å². The van der Waals surface area contributed by atoms with Gasteiger partial charge in [-0.05, 0) is 54.5 Å². The zero-order valence-corrected chi connectivity index (χ0v) is 15.7. The summed E-state index contributed by atoms with van der Waals surface area (Å²) in [4.78, 5) is 21.8. The molecule has 0 aliphatic rings. The minimum Gasteiger partial charge on any atom is -0.268 e. The molecule has 6 heteroatoms. The molecule has 2 aromatic heterocycles. The fraction of sp³-hybridized carbons (Fsp3) is 0.0455. The first kappa shape index (κ1) is 18.1. The van der Waals surface area contributed by atoms with Gasteiger partial charge >= 0.3 is 0 Å². The molecule has 0 fully saturated rings. The second-order valence-corrected chi connectivity index (χ2v) is 6.63. The minimum absolute atomic E-state index is 0.160. The van der Waals surface area contributed by atoms with E-state index in [0.717, 1.165) is 11.1 Å². The Morgan fingerprint density at radius 2 is 1.89 bits per heavy atom. The summed E-state index contributed by atoms with van der Waals surface area (Å²) in [6.07, 6.45) is 5.16. The Hall–Kier alpha value is -3.31.